The molecule has 0 saturated heterocycles. The normalized spacial score (nSPS) is 10.0. The van der Waals surface area contributed by atoms with Crippen molar-refractivity contribution in [3.05, 3.63) is 58.1 Å². The average Bonchev–Trinajstić information content (AvgIpc) is 2.56. The Balaban J connectivity index is 1.88. The summed E-state index contributed by atoms with van der Waals surface area (Å²) < 4.78 is 0. The third-order valence-electron chi connectivity index (χ3n) is 3.11. The second-order valence-electron chi connectivity index (χ2n) is 5.10. The van der Waals surface area contributed by atoms with Crippen molar-refractivity contribution in [3.63, 3.8) is 0 Å². The van der Waals surface area contributed by atoms with Crippen LogP contribution in [0.2, 0.25) is 10.0 Å². The Bertz CT molecular complexity index is 748. The van der Waals surface area contributed by atoms with Gasteiger partial charge in [-0.3, -0.25) is 10.2 Å². The van der Waals surface area contributed by atoms with Crippen LogP contribution in [0.4, 0.5) is 16.2 Å². The summed E-state index contributed by atoms with van der Waals surface area (Å²) in [6.45, 7) is 0. The lowest BCUT2D eigenvalue weighted by atomic mass is 10.2. The van der Waals surface area contributed by atoms with Gasteiger partial charge in [-0.25, -0.2) is 10.2 Å². The summed E-state index contributed by atoms with van der Waals surface area (Å²) in [6.07, 6.45) is 0. The topological polar surface area (TPSA) is 73.5 Å². The number of hydrazine groups is 1. The van der Waals surface area contributed by atoms with E-state index < -0.39 is 11.9 Å². The molecule has 2 rings (SSSR count). The van der Waals surface area contributed by atoms with Crippen LogP contribution >= 0.6 is 23.2 Å². The fraction of sp³-hybridized carbons (Fsp3) is 0.125. The number of carbonyl (C=O) groups excluding carboxylic acids is 2. The molecule has 0 aliphatic rings. The number of amides is 3. The second-order valence-corrected chi connectivity index (χ2v) is 5.92. The molecule has 0 radical (unpaired) electrons. The highest BCUT2D eigenvalue weighted by Crippen LogP contribution is 2.24. The van der Waals surface area contributed by atoms with Gasteiger partial charge in [-0.15, -0.1) is 0 Å². The first-order valence-corrected chi connectivity index (χ1v) is 7.72. The van der Waals surface area contributed by atoms with Crippen LogP contribution in [0.1, 0.15) is 10.4 Å². The largest absolute Gasteiger partial charge is 0.378 e. The number of anilines is 2. The van der Waals surface area contributed by atoms with Gasteiger partial charge in [-0.1, -0.05) is 23.2 Å². The number of rotatable bonds is 3. The van der Waals surface area contributed by atoms with E-state index in [0.29, 0.717) is 21.3 Å². The molecule has 6 nitrogen and oxygen atoms in total. The SMILES string of the molecule is CN(C)c1ccc(C(=O)NNC(=O)Nc2ccc(Cl)c(Cl)c2)cc1. The minimum Gasteiger partial charge on any atom is -0.378 e. The number of hydrogen-bond acceptors (Lipinski definition) is 3. The lowest BCUT2D eigenvalue weighted by Gasteiger charge is -2.13. The van der Waals surface area contributed by atoms with E-state index in [1.165, 1.54) is 6.07 Å². The van der Waals surface area contributed by atoms with E-state index in [9.17, 15) is 9.59 Å². The maximum absolute atomic E-state index is 12.0. The van der Waals surface area contributed by atoms with Crippen molar-refractivity contribution in [2.24, 2.45) is 0 Å². The summed E-state index contributed by atoms with van der Waals surface area (Å²) in [5, 5.41) is 3.23. The molecule has 0 aliphatic heterocycles. The lowest BCUT2D eigenvalue weighted by Crippen LogP contribution is -2.43. The van der Waals surface area contributed by atoms with Crippen LogP contribution in [0.15, 0.2) is 42.5 Å². The van der Waals surface area contributed by atoms with E-state index in [4.69, 9.17) is 23.2 Å². The predicted octanol–water partition coefficient (Wildman–Crippen LogP) is 3.53. The Morgan fingerprint density at radius 2 is 1.58 bits per heavy atom. The van der Waals surface area contributed by atoms with E-state index in [-0.39, 0.29) is 0 Å². The van der Waals surface area contributed by atoms with Gasteiger partial charge >= 0.3 is 6.03 Å². The summed E-state index contributed by atoms with van der Waals surface area (Å²) in [5.41, 5.74) is 6.43. The van der Waals surface area contributed by atoms with Crippen LogP contribution < -0.4 is 21.1 Å². The Morgan fingerprint density at radius 1 is 0.917 bits per heavy atom. The molecule has 0 saturated carbocycles. The van der Waals surface area contributed by atoms with Crippen molar-refractivity contribution in [1.29, 1.82) is 0 Å². The number of nitrogens with zero attached hydrogens (tertiary/aromatic N) is 1. The Hall–Kier alpha value is -2.44. The minimum atomic E-state index is -0.605. The molecule has 126 valence electrons. The van der Waals surface area contributed by atoms with Crippen LogP contribution in [-0.4, -0.2) is 26.0 Å². The molecule has 24 heavy (non-hydrogen) atoms. The third-order valence-corrected chi connectivity index (χ3v) is 3.85. The highest BCUT2D eigenvalue weighted by atomic mass is 35.5. The molecule has 0 bridgehead atoms. The van der Waals surface area contributed by atoms with Crippen molar-refractivity contribution in [1.82, 2.24) is 10.9 Å². The van der Waals surface area contributed by atoms with Crippen LogP contribution in [0.5, 0.6) is 0 Å². The predicted molar refractivity (Wildman–Crippen MR) is 96.9 cm³/mol. The summed E-state index contributed by atoms with van der Waals surface area (Å²) in [6, 6.07) is 11.0. The molecule has 0 aromatic heterocycles. The van der Waals surface area contributed by atoms with Gasteiger partial charge in [0.1, 0.15) is 0 Å². The first kappa shape index (κ1) is 17.9. The number of carbonyl (C=O) groups is 2. The van der Waals surface area contributed by atoms with Crippen molar-refractivity contribution < 1.29 is 9.59 Å². The summed E-state index contributed by atoms with van der Waals surface area (Å²) in [7, 11) is 3.81. The zero-order valence-electron chi connectivity index (χ0n) is 13.1. The van der Waals surface area contributed by atoms with Crippen molar-refractivity contribution in [2.75, 3.05) is 24.3 Å². The molecule has 8 heteroatoms. The van der Waals surface area contributed by atoms with Crippen LogP contribution in [0.3, 0.4) is 0 Å². The van der Waals surface area contributed by atoms with E-state index in [2.05, 4.69) is 16.2 Å². The van der Waals surface area contributed by atoms with Crippen molar-refractivity contribution in [2.45, 2.75) is 0 Å². The summed E-state index contributed by atoms with van der Waals surface area (Å²) in [4.78, 5) is 25.7. The van der Waals surface area contributed by atoms with Crippen LogP contribution in [-0.2, 0) is 0 Å². The molecule has 0 fully saturated rings. The first-order chi connectivity index (χ1) is 11.4. The second kappa shape index (κ2) is 7.90. The van der Waals surface area contributed by atoms with Crippen molar-refractivity contribution in [3.8, 4) is 0 Å². The van der Waals surface area contributed by atoms with Gasteiger partial charge in [0.2, 0.25) is 0 Å². The molecule has 0 atom stereocenters. The molecular weight excluding hydrogens is 351 g/mol. The third kappa shape index (κ3) is 4.78. The molecule has 0 heterocycles. The van der Waals surface area contributed by atoms with Gasteiger partial charge in [-0.05, 0) is 42.5 Å². The number of halogens is 2. The van der Waals surface area contributed by atoms with Gasteiger partial charge in [0.05, 0.1) is 10.0 Å². The van der Waals surface area contributed by atoms with Gasteiger partial charge in [0.15, 0.2) is 0 Å². The fourth-order valence-electron chi connectivity index (χ4n) is 1.83. The maximum atomic E-state index is 12.0. The molecule has 0 spiro atoms. The molecule has 2 aromatic carbocycles. The highest BCUT2D eigenvalue weighted by Gasteiger charge is 2.08. The average molecular weight is 367 g/mol. The van der Waals surface area contributed by atoms with Crippen LogP contribution in [0.25, 0.3) is 0 Å². The quantitative estimate of drug-likeness (QED) is 0.727. The monoisotopic (exact) mass is 366 g/mol. The number of benzene rings is 2. The van der Waals surface area contributed by atoms with E-state index >= 15 is 0 Å². The number of hydrogen-bond donors (Lipinski definition) is 3. The Kier molecular flexibility index (Phi) is 5.89. The number of nitrogens with one attached hydrogen (secondary N) is 3. The van der Waals surface area contributed by atoms with E-state index in [0.717, 1.165) is 5.69 Å². The van der Waals surface area contributed by atoms with Crippen molar-refractivity contribution >= 4 is 46.5 Å². The molecule has 3 amide bonds. The maximum Gasteiger partial charge on any atom is 0.337 e. The summed E-state index contributed by atoms with van der Waals surface area (Å²) >= 11 is 11.7. The number of urea groups is 1. The zero-order valence-corrected chi connectivity index (χ0v) is 14.6. The molecule has 2 aromatic rings. The molecule has 0 aliphatic carbocycles. The van der Waals surface area contributed by atoms with Gasteiger partial charge in [0.25, 0.3) is 5.91 Å². The van der Waals surface area contributed by atoms with Gasteiger partial charge in [0, 0.05) is 31.0 Å². The smallest absolute Gasteiger partial charge is 0.337 e. The Morgan fingerprint density at radius 3 is 2.17 bits per heavy atom. The van der Waals surface area contributed by atoms with Crippen LogP contribution in [0, 0.1) is 0 Å². The lowest BCUT2D eigenvalue weighted by molar-refractivity contribution is 0.0938. The Labute approximate surface area is 149 Å². The first-order valence-electron chi connectivity index (χ1n) is 6.96. The molecule has 3 N–H and O–H groups in total. The molecular formula is C16H16Cl2N4O2. The van der Waals surface area contributed by atoms with Gasteiger partial charge < -0.3 is 10.2 Å². The molecule has 0 unspecified atom stereocenters. The zero-order chi connectivity index (χ0) is 17.7. The standard InChI is InChI=1S/C16H16Cl2N4O2/c1-22(2)12-6-3-10(4-7-12)15(23)20-21-16(24)19-11-5-8-13(17)14(18)9-11/h3-9H,1-2H3,(H,20,23)(H2,19,21,24). The van der Waals surface area contributed by atoms with Gasteiger partial charge in [-0.2, -0.15) is 0 Å². The van der Waals surface area contributed by atoms with E-state index in [1.807, 2.05) is 31.1 Å². The highest BCUT2D eigenvalue weighted by molar-refractivity contribution is 6.42. The fourth-order valence-corrected chi connectivity index (χ4v) is 2.13. The van der Waals surface area contributed by atoms with E-state index in [1.54, 1.807) is 24.3 Å². The summed E-state index contributed by atoms with van der Waals surface area (Å²) in [5.74, 6) is -0.426. The minimum absolute atomic E-state index is 0.319.